The van der Waals surface area contributed by atoms with Crippen molar-refractivity contribution < 1.29 is 19.4 Å². The molecule has 0 saturated heterocycles. The van der Waals surface area contributed by atoms with Crippen LogP contribution in [0.2, 0.25) is 5.02 Å². The first kappa shape index (κ1) is 15.8. The maximum atomic E-state index is 12.0. The number of halogens is 1. The standard InChI is InChI=1S/C16H14ClNO4S/c17-10-5-1-2-6-11(10)22-8-13(19)18-15-14(16(20)21)9-4-3-7-12(9)23-15/h1-2,5-6H,3-4,7-8H2,(H,18,19)(H,20,21). The Balaban J connectivity index is 1.69. The molecule has 1 amide bonds. The summed E-state index contributed by atoms with van der Waals surface area (Å²) >= 11 is 7.29. The van der Waals surface area contributed by atoms with Crippen LogP contribution in [0.4, 0.5) is 5.00 Å². The van der Waals surface area contributed by atoms with Crippen LogP contribution in [0.5, 0.6) is 5.75 Å². The van der Waals surface area contributed by atoms with Crippen LogP contribution >= 0.6 is 22.9 Å². The summed E-state index contributed by atoms with van der Waals surface area (Å²) in [5, 5.41) is 12.8. The highest BCUT2D eigenvalue weighted by molar-refractivity contribution is 7.17. The third-order valence-electron chi connectivity index (χ3n) is 3.58. The molecule has 0 spiro atoms. The van der Waals surface area contributed by atoms with E-state index in [1.165, 1.54) is 11.3 Å². The Labute approximate surface area is 141 Å². The van der Waals surface area contributed by atoms with Gasteiger partial charge in [-0.15, -0.1) is 11.3 Å². The molecule has 0 radical (unpaired) electrons. The number of amides is 1. The molecule has 1 heterocycles. The van der Waals surface area contributed by atoms with Gasteiger partial charge in [-0.25, -0.2) is 4.79 Å². The van der Waals surface area contributed by atoms with Gasteiger partial charge in [0.15, 0.2) is 6.61 Å². The quantitative estimate of drug-likeness (QED) is 0.862. The number of carbonyl (C=O) groups is 2. The summed E-state index contributed by atoms with van der Waals surface area (Å²) in [6.07, 6.45) is 2.58. The van der Waals surface area contributed by atoms with E-state index in [0.29, 0.717) is 15.8 Å². The van der Waals surface area contributed by atoms with Gasteiger partial charge in [0.1, 0.15) is 10.8 Å². The third-order valence-corrected chi connectivity index (χ3v) is 5.10. The minimum Gasteiger partial charge on any atom is -0.482 e. The maximum Gasteiger partial charge on any atom is 0.339 e. The second-order valence-electron chi connectivity index (χ2n) is 5.13. The lowest BCUT2D eigenvalue weighted by atomic mass is 10.1. The molecule has 1 aliphatic rings. The van der Waals surface area contributed by atoms with Crippen molar-refractivity contribution in [3.05, 3.63) is 45.3 Å². The number of carboxylic acids is 1. The first-order valence-corrected chi connectivity index (χ1v) is 8.30. The Hall–Kier alpha value is -2.05. The van der Waals surface area contributed by atoms with Gasteiger partial charge in [-0.1, -0.05) is 23.7 Å². The van der Waals surface area contributed by atoms with E-state index in [2.05, 4.69) is 5.32 Å². The van der Waals surface area contributed by atoms with E-state index >= 15 is 0 Å². The molecule has 0 fully saturated rings. The fraction of sp³-hybridized carbons (Fsp3) is 0.250. The number of hydrogen-bond donors (Lipinski definition) is 2. The van der Waals surface area contributed by atoms with E-state index in [1.807, 2.05) is 0 Å². The van der Waals surface area contributed by atoms with E-state index in [1.54, 1.807) is 24.3 Å². The molecule has 1 aliphatic carbocycles. The van der Waals surface area contributed by atoms with Crippen LogP contribution in [-0.2, 0) is 17.6 Å². The molecular formula is C16H14ClNO4S. The highest BCUT2D eigenvalue weighted by Crippen LogP contribution is 2.39. The van der Waals surface area contributed by atoms with Crippen molar-refractivity contribution in [2.75, 3.05) is 11.9 Å². The average molecular weight is 352 g/mol. The van der Waals surface area contributed by atoms with Gasteiger partial charge in [0.25, 0.3) is 5.91 Å². The van der Waals surface area contributed by atoms with Crippen LogP contribution in [0, 0.1) is 0 Å². The van der Waals surface area contributed by atoms with E-state index < -0.39 is 11.9 Å². The first-order chi connectivity index (χ1) is 11.1. The highest BCUT2D eigenvalue weighted by Gasteiger charge is 2.27. The molecule has 7 heteroatoms. The van der Waals surface area contributed by atoms with Gasteiger partial charge in [0, 0.05) is 4.88 Å². The Bertz CT molecular complexity index is 771. The average Bonchev–Trinajstić information content (AvgIpc) is 3.06. The van der Waals surface area contributed by atoms with Crippen LogP contribution in [0.3, 0.4) is 0 Å². The molecule has 120 valence electrons. The number of hydrogen-bond acceptors (Lipinski definition) is 4. The molecular weight excluding hydrogens is 338 g/mol. The fourth-order valence-corrected chi connectivity index (χ4v) is 4.07. The van der Waals surface area contributed by atoms with Gasteiger partial charge in [0.05, 0.1) is 10.6 Å². The van der Waals surface area contributed by atoms with Crippen molar-refractivity contribution in [2.24, 2.45) is 0 Å². The number of benzene rings is 1. The molecule has 0 bridgehead atoms. The van der Waals surface area contributed by atoms with E-state index in [4.69, 9.17) is 16.3 Å². The number of carbonyl (C=O) groups excluding carboxylic acids is 1. The molecule has 5 nitrogen and oxygen atoms in total. The second-order valence-corrected chi connectivity index (χ2v) is 6.65. The number of nitrogens with one attached hydrogen (secondary N) is 1. The normalized spacial score (nSPS) is 12.7. The predicted molar refractivity (Wildman–Crippen MR) is 88.9 cm³/mol. The molecule has 0 aliphatic heterocycles. The monoisotopic (exact) mass is 351 g/mol. The van der Waals surface area contributed by atoms with Gasteiger partial charge in [-0.05, 0) is 37.0 Å². The SMILES string of the molecule is O=C(COc1ccccc1Cl)Nc1sc2c(c1C(=O)O)CCC2. The zero-order valence-corrected chi connectivity index (χ0v) is 13.7. The lowest BCUT2D eigenvalue weighted by molar-refractivity contribution is -0.118. The van der Waals surface area contributed by atoms with E-state index in [9.17, 15) is 14.7 Å². The van der Waals surface area contributed by atoms with Crippen LogP contribution < -0.4 is 10.1 Å². The van der Waals surface area contributed by atoms with Gasteiger partial charge in [-0.3, -0.25) is 4.79 Å². The minimum absolute atomic E-state index is 0.216. The van der Waals surface area contributed by atoms with Gasteiger partial charge >= 0.3 is 5.97 Å². The van der Waals surface area contributed by atoms with E-state index in [0.717, 1.165) is 29.7 Å². The largest absolute Gasteiger partial charge is 0.482 e. The zero-order valence-electron chi connectivity index (χ0n) is 12.1. The number of fused-ring (bicyclic) bond motifs is 1. The van der Waals surface area contributed by atoms with Gasteiger partial charge < -0.3 is 15.2 Å². The summed E-state index contributed by atoms with van der Waals surface area (Å²) < 4.78 is 5.36. The molecule has 23 heavy (non-hydrogen) atoms. The number of rotatable bonds is 5. The van der Waals surface area contributed by atoms with Crippen LogP contribution in [0.25, 0.3) is 0 Å². The Kier molecular flexibility index (Phi) is 4.54. The topological polar surface area (TPSA) is 75.6 Å². The number of aryl methyl sites for hydroxylation is 1. The summed E-state index contributed by atoms with van der Waals surface area (Å²) in [5.41, 5.74) is 1.07. The Morgan fingerprint density at radius 2 is 2.09 bits per heavy atom. The molecule has 1 aromatic heterocycles. The summed E-state index contributed by atoms with van der Waals surface area (Å²) in [7, 11) is 0. The smallest absolute Gasteiger partial charge is 0.339 e. The fourth-order valence-electron chi connectivity index (χ4n) is 2.59. The number of carboxylic acid groups (broad SMARTS) is 1. The Morgan fingerprint density at radius 1 is 1.30 bits per heavy atom. The lowest BCUT2D eigenvalue weighted by Gasteiger charge is -2.08. The number of thiophene rings is 1. The summed E-state index contributed by atoms with van der Waals surface area (Å²) in [5.74, 6) is -1.00. The van der Waals surface area contributed by atoms with Crippen molar-refractivity contribution in [3.63, 3.8) is 0 Å². The number of para-hydroxylation sites is 1. The number of anilines is 1. The van der Waals surface area contributed by atoms with Crippen molar-refractivity contribution in [1.82, 2.24) is 0 Å². The zero-order chi connectivity index (χ0) is 16.4. The molecule has 1 aromatic carbocycles. The number of ether oxygens (including phenoxy) is 1. The van der Waals surface area contributed by atoms with Gasteiger partial charge in [-0.2, -0.15) is 0 Å². The summed E-state index contributed by atoms with van der Waals surface area (Å²) in [6, 6.07) is 6.85. The molecule has 3 rings (SSSR count). The molecule has 2 N–H and O–H groups in total. The van der Waals surface area contributed by atoms with Crippen LogP contribution in [0.1, 0.15) is 27.2 Å². The molecule has 2 aromatic rings. The second kappa shape index (κ2) is 6.60. The first-order valence-electron chi connectivity index (χ1n) is 7.11. The highest BCUT2D eigenvalue weighted by atomic mass is 35.5. The Morgan fingerprint density at radius 3 is 2.83 bits per heavy atom. The van der Waals surface area contributed by atoms with Gasteiger partial charge in [0.2, 0.25) is 0 Å². The van der Waals surface area contributed by atoms with E-state index in [-0.39, 0.29) is 12.2 Å². The molecule has 0 unspecified atom stereocenters. The molecule has 0 atom stereocenters. The van der Waals surface area contributed by atoms with Crippen molar-refractivity contribution in [1.29, 1.82) is 0 Å². The van der Waals surface area contributed by atoms with Crippen molar-refractivity contribution in [3.8, 4) is 5.75 Å². The van der Waals surface area contributed by atoms with Crippen molar-refractivity contribution in [2.45, 2.75) is 19.3 Å². The minimum atomic E-state index is -1.01. The number of aromatic carboxylic acids is 1. The lowest BCUT2D eigenvalue weighted by Crippen LogP contribution is -2.21. The summed E-state index contributed by atoms with van der Waals surface area (Å²) in [6.45, 7) is -0.231. The summed E-state index contributed by atoms with van der Waals surface area (Å²) in [4.78, 5) is 24.5. The maximum absolute atomic E-state index is 12.0. The third kappa shape index (κ3) is 3.33. The van der Waals surface area contributed by atoms with Crippen molar-refractivity contribution >= 4 is 39.8 Å². The predicted octanol–water partition coefficient (Wildman–Crippen LogP) is 3.61. The molecule has 0 saturated carbocycles. The van der Waals surface area contributed by atoms with Crippen LogP contribution in [0.15, 0.2) is 24.3 Å². The van der Waals surface area contributed by atoms with Crippen LogP contribution in [-0.4, -0.2) is 23.6 Å².